The van der Waals surface area contributed by atoms with Crippen molar-refractivity contribution in [2.45, 2.75) is 20.4 Å². The second-order valence-corrected chi connectivity index (χ2v) is 7.52. The van der Waals surface area contributed by atoms with Crippen LogP contribution in [-0.4, -0.2) is 27.1 Å². The van der Waals surface area contributed by atoms with Crippen molar-refractivity contribution in [1.29, 1.82) is 5.26 Å². The molecule has 0 spiro atoms. The van der Waals surface area contributed by atoms with Crippen LogP contribution in [0.4, 0.5) is 0 Å². The van der Waals surface area contributed by atoms with E-state index < -0.39 is 0 Å². The van der Waals surface area contributed by atoms with E-state index in [0.29, 0.717) is 24.2 Å². The van der Waals surface area contributed by atoms with E-state index in [2.05, 4.69) is 33.7 Å². The number of aromatic nitrogens is 2. The van der Waals surface area contributed by atoms with Crippen molar-refractivity contribution >= 4 is 21.8 Å². The van der Waals surface area contributed by atoms with Crippen LogP contribution in [0.1, 0.15) is 32.9 Å². The molecule has 0 unspecified atom stereocenters. The summed E-state index contributed by atoms with van der Waals surface area (Å²) in [5.41, 5.74) is 4.99. The Morgan fingerprint density at radius 2 is 1.86 bits per heavy atom. The highest BCUT2D eigenvalue weighted by atomic mass is 79.9. The quantitative estimate of drug-likeness (QED) is 0.501. The van der Waals surface area contributed by atoms with Gasteiger partial charge in [-0.25, -0.2) is 4.68 Å². The third-order valence-electron chi connectivity index (χ3n) is 4.65. The van der Waals surface area contributed by atoms with Gasteiger partial charge in [0, 0.05) is 18.7 Å². The Bertz CT molecular complexity index is 1080. The number of hydrogen-bond acceptors (Lipinski definition) is 3. The average molecular weight is 449 g/mol. The van der Waals surface area contributed by atoms with Gasteiger partial charge >= 0.3 is 0 Å². The molecule has 0 saturated carbocycles. The second kappa shape index (κ2) is 8.89. The second-order valence-electron chi connectivity index (χ2n) is 6.73. The predicted molar refractivity (Wildman–Crippen MR) is 117 cm³/mol. The lowest BCUT2D eigenvalue weighted by molar-refractivity contribution is 0.0762. The maximum Gasteiger partial charge on any atom is 0.254 e. The van der Waals surface area contributed by atoms with E-state index in [9.17, 15) is 4.79 Å². The molecule has 3 rings (SSSR count). The number of aryl methyl sites for hydroxylation is 1. The lowest BCUT2D eigenvalue weighted by atomic mass is 10.1. The molecule has 0 saturated heterocycles. The topological polar surface area (TPSA) is 61.9 Å². The zero-order chi connectivity index (χ0) is 21.0. The van der Waals surface area contributed by atoms with Gasteiger partial charge in [0.15, 0.2) is 0 Å². The number of hydrogen-bond donors (Lipinski definition) is 0. The number of halogens is 1. The molecule has 146 valence electrons. The van der Waals surface area contributed by atoms with E-state index in [0.717, 1.165) is 27.1 Å². The monoisotopic (exact) mass is 448 g/mol. The average Bonchev–Trinajstić information content (AvgIpc) is 3.01. The minimum Gasteiger partial charge on any atom is -0.331 e. The van der Waals surface area contributed by atoms with Gasteiger partial charge in [-0.1, -0.05) is 18.2 Å². The van der Waals surface area contributed by atoms with E-state index in [4.69, 9.17) is 5.26 Å². The van der Waals surface area contributed by atoms with Crippen LogP contribution in [0.2, 0.25) is 0 Å². The number of carbonyl (C=O) groups excluding carboxylic acids is 1. The first-order chi connectivity index (χ1) is 13.9. The van der Waals surface area contributed by atoms with Gasteiger partial charge in [0.2, 0.25) is 0 Å². The largest absolute Gasteiger partial charge is 0.331 e. The Morgan fingerprint density at radius 3 is 2.38 bits per heavy atom. The van der Waals surface area contributed by atoms with E-state index in [1.807, 2.05) is 54.9 Å². The molecular formula is C23H21BrN4O. The SMILES string of the molecule is C=CCN(Cc1ccc(C#N)cc1)C(=O)c1ccc(-n2nc(C)c(Br)c2C)cc1. The van der Waals surface area contributed by atoms with Gasteiger partial charge in [-0.3, -0.25) is 4.79 Å². The Balaban J connectivity index is 1.81. The van der Waals surface area contributed by atoms with E-state index in [-0.39, 0.29) is 5.91 Å². The molecule has 29 heavy (non-hydrogen) atoms. The summed E-state index contributed by atoms with van der Waals surface area (Å²) in [5.74, 6) is -0.0737. The van der Waals surface area contributed by atoms with E-state index >= 15 is 0 Å². The van der Waals surface area contributed by atoms with Crippen LogP contribution in [0.25, 0.3) is 5.69 Å². The molecule has 5 nitrogen and oxygen atoms in total. The minimum atomic E-state index is -0.0737. The third kappa shape index (κ3) is 4.47. The summed E-state index contributed by atoms with van der Waals surface area (Å²) < 4.78 is 2.84. The molecule has 1 aromatic heterocycles. The van der Waals surface area contributed by atoms with Crippen molar-refractivity contribution < 1.29 is 4.79 Å². The summed E-state index contributed by atoms with van der Waals surface area (Å²) in [6, 6.07) is 16.8. The van der Waals surface area contributed by atoms with Crippen molar-refractivity contribution in [3.8, 4) is 11.8 Å². The van der Waals surface area contributed by atoms with E-state index in [1.54, 1.807) is 23.1 Å². The van der Waals surface area contributed by atoms with Gasteiger partial charge in [-0.2, -0.15) is 10.4 Å². The van der Waals surface area contributed by atoms with Crippen LogP contribution in [0.15, 0.2) is 65.7 Å². The molecular weight excluding hydrogens is 428 g/mol. The molecule has 6 heteroatoms. The predicted octanol–water partition coefficient (Wildman–Crippen LogP) is 4.95. The first-order valence-corrected chi connectivity index (χ1v) is 9.95. The molecule has 0 aliphatic carbocycles. The van der Waals surface area contributed by atoms with Crippen molar-refractivity contribution in [2.24, 2.45) is 0 Å². The summed E-state index contributed by atoms with van der Waals surface area (Å²) in [5, 5.41) is 13.5. The van der Waals surface area contributed by atoms with Crippen LogP contribution in [-0.2, 0) is 6.54 Å². The fraction of sp³-hybridized carbons (Fsp3) is 0.174. The smallest absolute Gasteiger partial charge is 0.254 e. The first kappa shape index (κ1) is 20.6. The highest BCUT2D eigenvalue weighted by Crippen LogP contribution is 2.23. The molecule has 0 bridgehead atoms. The zero-order valence-corrected chi connectivity index (χ0v) is 18.0. The van der Waals surface area contributed by atoms with Gasteiger partial charge in [-0.05, 0) is 71.7 Å². The van der Waals surface area contributed by atoms with Crippen LogP contribution in [0.5, 0.6) is 0 Å². The molecule has 0 aliphatic rings. The highest BCUT2D eigenvalue weighted by molar-refractivity contribution is 9.10. The van der Waals surface area contributed by atoms with Crippen molar-refractivity contribution in [1.82, 2.24) is 14.7 Å². The molecule has 2 aromatic carbocycles. The molecule has 1 amide bonds. The molecule has 1 heterocycles. The van der Waals surface area contributed by atoms with Crippen molar-refractivity contribution in [3.05, 3.63) is 93.7 Å². The highest BCUT2D eigenvalue weighted by Gasteiger charge is 2.16. The lowest BCUT2D eigenvalue weighted by Gasteiger charge is -2.21. The molecule has 3 aromatic rings. The van der Waals surface area contributed by atoms with Crippen LogP contribution >= 0.6 is 15.9 Å². The fourth-order valence-corrected chi connectivity index (χ4v) is 3.33. The number of amides is 1. The Hall–Kier alpha value is -3.17. The molecule has 0 fully saturated rings. The maximum absolute atomic E-state index is 13.0. The lowest BCUT2D eigenvalue weighted by Crippen LogP contribution is -2.30. The van der Waals surface area contributed by atoms with Gasteiger partial charge < -0.3 is 4.90 Å². The van der Waals surface area contributed by atoms with E-state index in [1.165, 1.54) is 0 Å². The van der Waals surface area contributed by atoms with Gasteiger partial charge in [0.25, 0.3) is 5.91 Å². The normalized spacial score (nSPS) is 10.4. The number of carbonyl (C=O) groups is 1. The van der Waals surface area contributed by atoms with Crippen molar-refractivity contribution in [3.63, 3.8) is 0 Å². The molecule has 0 radical (unpaired) electrons. The Kier molecular flexibility index (Phi) is 6.30. The Labute approximate surface area is 179 Å². The summed E-state index contributed by atoms with van der Waals surface area (Å²) >= 11 is 3.54. The Morgan fingerprint density at radius 1 is 1.21 bits per heavy atom. The van der Waals surface area contributed by atoms with Crippen LogP contribution in [0.3, 0.4) is 0 Å². The summed E-state index contributed by atoms with van der Waals surface area (Å²) in [6.45, 7) is 8.59. The number of nitriles is 1. The summed E-state index contributed by atoms with van der Waals surface area (Å²) in [7, 11) is 0. The van der Waals surface area contributed by atoms with Crippen LogP contribution in [0, 0.1) is 25.2 Å². The molecule has 0 aliphatic heterocycles. The number of nitrogens with zero attached hydrogens (tertiary/aromatic N) is 4. The minimum absolute atomic E-state index is 0.0737. The standard InChI is InChI=1S/C23H21BrN4O/c1-4-13-27(15-19-7-5-18(14-25)6-8-19)23(29)20-9-11-21(12-10-20)28-17(3)22(24)16(2)26-28/h4-12H,1,13,15H2,2-3H3. The molecule has 0 N–H and O–H groups in total. The summed E-state index contributed by atoms with van der Waals surface area (Å²) in [4.78, 5) is 14.8. The third-order valence-corrected chi connectivity index (χ3v) is 5.80. The molecule has 0 atom stereocenters. The van der Waals surface area contributed by atoms with Gasteiger partial charge in [0.05, 0.1) is 33.2 Å². The maximum atomic E-state index is 13.0. The van der Waals surface area contributed by atoms with Gasteiger partial charge in [0.1, 0.15) is 0 Å². The summed E-state index contributed by atoms with van der Waals surface area (Å²) in [6.07, 6.45) is 1.71. The number of benzene rings is 2. The number of rotatable bonds is 6. The van der Waals surface area contributed by atoms with Crippen LogP contribution < -0.4 is 0 Å². The fourth-order valence-electron chi connectivity index (χ4n) is 3.08. The first-order valence-electron chi connectivity index (χ1n) is 9.16. The van der Waals surface area contributed by atoms with Gasteiger partial charge in [-0.15, -0.1) is 6.58 Å². The zero-order valence-electron chi connectivity index (χ0n) is 16.4. The van der Waals surface area contributed by atoms with Crippen molar-refractivity contribution in [2.75, 3.05) is 6.54 Å².